The average molecular weight is 437 g/mol. The lowest BCUT2D eigenvalue weighted by molar-refractivity contribution is -0.130. The summed E-state index contributed by atoms with van der Waals surface area (Å²) in [6.07, 6.45) is -0.573. The summed E-state index contributed by atoms with van der Waals surface area (Å²) in [5.41, 5.74) is 0. The van der Waals surface area contributed by atoms with Crippen LogP contribution in [0.1, 0.15) is 13.8 Å². The SMILES string of the molecule is CCOC(CNS(=O)(=O)c1cc(Br)c(Br)s1)OCC. The topological polar surface area (TPSA) is 64.6 Å². The maximum absolute atomic E-state index is 12.1. The van der Waals surface area contributed by atoms with Crippen molar-refractivity contribution in [2.75, 3.05) is 19.8 Å². The van der Waals surface area contributed by atoms with Crippen molar-refractivity contribution in [2.45, 2.75) is 24.3 Å². The summed E-state index contributed by atoms with van der Waals surface area (Å²) < 4.78 is 38.8. The fourth-order valence-electron chi connectivity index (χ4n) is 1.25. The zero-order valence-electron chi connectivity index (χ0n) is 10.5. The molecule has 9 heteroatoms. The number of nitrogens with one attached hydrogen (secondary N) is 1. The Labute approximate surface area is 134 Å². The molecule has 0 atom stereocenters. The van der Waals surface area contributed by atoms with Gasteiger partial charge in [0, 0.05) is 17.7 Å². The molecule has 0 aromatic carbocycles. The van der Waals surface area contributed by atoms with E-state index >= 15 is 0 Å². The van der Waals surface area contributed by atoms with Gasteiger partial charge >= 0.3 is 0 Å². The number of hydrogen-bond donors (Lipinski definition) is 1. The Morgan fingerprint density at radius 1 is 1.32 bits per heavy atom. The van der Waals surface area contributed by atoms with Crippen LogP contribution in [0, 0.1) is 0 Å². The van der Waals surface area contributed by atoms with Crippen molar-refractivity contribution in [3.63, 3.8) is 0 Å². The number of halogens is 2. The first-order chi connectivity index (χ1) is 8.90. The summed E-state index contributed by atoms with van der Waals surface area (Å²) in [7, 11) is -3.55. The van der Waals surface area contributed by atoms with Crippen LogP contribution in [0.25, 0.3) is 0 Å². The third-order valence-electron chi connectivity index (χ3n) is 2.03. The molecule has 1 rings (SSSR count). The van der Waals surface area contributed by atoms with Crippen LogP contribution >= 0.6 is 43.2 Å². The van der Waals surface area contributed by atoms with Gasteiger partial charge in [0.2, 0.25) is 10.0 Å². The smallest absolute Gasteiger partial charge is 0.250 e. The van der Waals surface area contributed by atoms with E-state index in [-0.39, 0.29) is 10.8 Å². The molecule has 0 bridgehead atoms. The number of sulfonamides is 1. The van der Waals surface area contributed by atoms with Gasteiger partial charge < -0.3 is 9.47 Å². The second-order valence-electron chi connectivity index (χ2n) is 3.38. The molecule has 1 aromatic heterocycles. The van der Waals surface area contributed by atoms with Crippen molar-refractivity contribution in [2.24, 2.45) is 0 Å². The largest absolute Gasteiger partial charge is 0.352 e. The molecule has 0 aliphatic rings. The molecular formula is C10H15Br2NO4S2. The highest BCUT2D eigenvalue weighted by Gasteiger charge is 2.20. The Morgan fingerprint density at radius 2 is 1.89 bits per heavy atom. The first kappa shape index (κ1) is 17.5. The second-order valence-corrected chi connectivity index (χ2v) is 8.60. The molecular weight excluding hydrogens is 422 g/mol. The Bertz CT molecular complexity index is 478. The fraction of sp³-hybridized carbons (Fsp3) is 0.600. The highest BCUT2D eigenvalue weighted by atomic mass is 79.9. The van der Waals surface area contributed by atoms with E-state index in [1.54, 1.807) is 6.07 Å². The van der Waals surface area contributed by atoms with Crippen LogP contribution in [0.15, 0.2) is 18.5 Å². The third kappa shape index (κ3) is 5.41. The van der Waals surface area contributed by atoms with Crippen LogP contribution in [-0.2, 0) is 19.5 Å². The summed E-state index contributed by atoms with van der Waals surface area (Å²) >= 11 is 7.67. The first-order valence-electron chi connectivity index (χ1n) is 5.58. The second kappa shape index (κ2) is 8.06. The maximum atomic E-state index is 12.1. The lowest BCUT2D eigenvalue weighted by Crippen LogP contribution is -2.35. The molecule has 1 N–H and O–H groups in total. The minimum atomic E-state index is -3.55. The molecule has 110 valence electrons. The van der Waals surface area contributed by atoms with Crippen LogP contribution in [0.3, 0.4) is 0 Å². The summed E-state index contributed by atoms with van der Waals surface area (Å²) in [4.78, 5) is 0. The van der Waals surface area contributed by atoms with Gasteiger partial charge in [0.1, 0.15) is 4.21 Å². The van der Waals surface area contributed by atoms with Crippen LogP contribution in [0.5, 0.6) is 0 Å². The van der Waals surface area contributed by atoms with Gasteiger partial charge in [0.15, 0.2) is 6.29 Å². The van der Waals surface area contributed by atoms with Crippen molar-refractivity contribution in [1.82, 2.24) is 4.72 Å². The molecule has 1 heterocycles. The van der Waals surface area contributed by atoms with Gasteiger partial charge in [-0.3, -0.25) is 0 Å². The number of hydrogen-bond acceptors (Lipinski definition) is 5. The summed E-state index contributed by atoms with van der Waals surface area (Å²) in [5.74, 6) is 0. The van der Waals surface area contributed by atoms with E-state index < -0.39 is 16.3 Å². The summed E-state index contributed by atoms with van der Waals surface area (Å²) in [6, 6.07) is 1.55. The molecule has 0 saturated heterocycles. The molecule has 0 saturated carbocycles. The molecule has 0 radical (unpaired) electrons. The lowest BCUT2D eigenvalue weighted by Gasteiger charge is -2.17. The van der Waals surface area contributed by atoms with E-state index in [4.69, 9.17) is 9.47 Å². The number of thiophene rings is 1. The molecule has 0 spiro atoms. The first-order valence-corrected chi connectivity index (χ1v) is 9.47. The van der Waals surface area contributed by atoms with Gasteiger partial charge in [-0.25, -0.2) is 13.1 Å². The van der Waals surface area contributed by atoms with Gasteiger partial charge in [-0.15, -0.1) is 11.3 Å². The number of rotatable bonds is 8. The van der Waals surface area contributed by atoms with Crippen molar-refractivity contribution in [3.8, 4) is 0 Å². The van der Waals surface area contributed by atoms with Crippen molar-refractivity contribution in [1.29, 1.82) is 0 Å². The van der Waals surface area contributed by atoms with Crippen LogP contribution in [0.4, 0.5) is 0 Å². The van der Waals surface area contributed by atoms with Crippen molar-refractivity contribution >= 4 is 53.2 Å². The van der Waals surface area contributed by atoms with E-state index in [2.05, 4.69) is 36.6 Å². The molecule has 5 nitrogen and oxygen atoms in total. The molecule has 0 unspecified atom stereocenters. The Hall–Kier alpha value is 0.490. The molecule has 19 heavy (non-hydrogen) atoms. The zero-order valence-corrected chi connectivity index (χ0v) is 15.3. The predicted molar refractivity (Wildman–Crippen MR) is 81.9 cm³/mol. The summed E-state index contributed by atoms with van der Waals surface area (Å²) in [5, 5.41) is 0. The molecule has 1 aromatic rings. The molecule has 0 amide bonds. The highest BCUT2D eigenvalue weighted by Crippen LogP contribution is 2.34. The third-order valence-corrected chi connectivity index (χ3v) is 7.19. The minimum absolute atomic E-state index is 0.0805. The zero-order chi connectivity index (χ0) is 14.5. The summed E-state index contributed by atoms with van der Waals surface area (Å²) in [6.45, 7) is 4.66. The highest BCUT2D eigenvalue weighted by molar-refractivity contribution is 9.13. The van der Waals surface area contributed by atoms with E-state index in [1.165, 1.54) is 0 Å². The van der Waals surface area contributed by atoms with E-state index in [0.29, 0.717) is 17.7 Å². The van der Waals surface area contributed by atoms with E-state index in [9.17, 15) is 8.42 Å². The minimum Gasteiger partial charge on any atom is -0.352 e. The van der Waals surface area contributed by atoms with Crippen LogP contribution < -0.4 is 4.72 Å². The van der Waals surface area contributed by atoms with Gasteiger partial charge in [0.25, 0.3) is 0 Å². The van der Waals surface area contributed by atoms with Gasteiger partial charge in [0.05, 0.1) is 10.3 Å². The van der Waals surface area contributed by atoms with Gasteiger partial charge in [-0.05, 0) is 51.8 Å². The van der Waals surface area contributed by atoms with Crippen LogP contribution in [-0.4, -0.2) is 34.5 Å². The van der Waals surface area contributed by atoms with E-state index in [1.807, 2.05) is 13.8 Å². The van der Waals surface area contributed by atoms with Gasteiger partial charge in [-0.1, -0.05) is 0 Å². The maximum Gasteiger partial charge on any atom is 0.250 e. The van der Waals surface area contributed by atoms with E-state index in [0.717, 1.165) is 15.1 Å². The Morgan fingerprint density at radius 3 is 2.32 bits per heavy atom. The monoisotopic (exact) mass is 435 g/mol. The van der Waals surface area contributed by atoms with Crippen LogP contribution in [0.2, 0.25) is 0 Å². The fourth-order valence-corrected chi connectivity index (χ4v) is 5.13. The van der Waals surface area contributed by atoms with Crippen molar-refractivity contribution < 1.29 is 17.9 Å². The average Bonchev–Trinajstić information content (AvgIpc) is 2.68. The molecule has 0 aliphatic heterocycles. The molecule has 0 fully saturated rings. The standard InChI is InChI=1S/C10H15Br2NO4S2/c1-3-16-8(17-4-2)6-13-19(14,15)9-5-7(11)10(12)18-9/h5,8,13H,3-4,6H2,1-2H3. The Kier molecular flexibility index (Phi) is 7.44. The predicted octanol–water partition coefficient (Wildman–Crippen LogP) is 2.95. The number of ether oxygens (including phenoxy) is 2. The van der Waals surface area contributed by atoms with Crippen molar-refractivity contribution in [3.05, 3.63) is 14.3 Å². The van der Waals surface area contributed by atoms with Gasteiger partial charge in [-0.2, -0.15) is 0 Å². The Balaban J connectivity index is 2.68. The quantitative estimate of drug-likeness (QED) is 0.636. The lowest BCUT2D eigenvalue weighted by atomic mass is 10.6. The normalized spacial score (nSPS) is 12.3. The molecule has 0 aliphatic carbocycles.